The highest BCUT2D eigenvalue weighted by molar-refractivity contribution is 5.93. The highest BCUT2D eigenvalue weighted by atomic mass is 16.3. The minimum atomic E-state index is -0.0994. The van der Waals surface area contributed by atoms with Crippen LogP contribution in [-0.2, 0) is 13.0 Å². The van der Waals surface area contributed by atoms with Crippen LogP contribution in [0.4, 0.5) is 0 Å². The van der Waals surface area contributed by atoms with E-state index >= 15 is 0 Å². The number of nitrogens with zero attached hydrogens (tertiary/aromatic N) is 3. The van der Waals surface area contributed by atoms with Gasteiger partial charge in [-0.05, 0) is 29.7 Å². The van der Waals surface area contributed by atoms with Gasteiger partial charge in [0.2, 0.25) is 0 Å². The summed E-state index contributed by atoms with van der Waals surface area (Å²) in [5.74, 6) is -0.0249. The van der Waals surface area contributed by atoms with Gasteiger partial charge in [0.15, 0.2) is 11.4 Å². The van der Waals surface area contributed by atoms with E-state index in [-0.39, 0.29) is 11.7 Å². The van der Waals surface area contributed by atoms with E-state index in [1.165, 1.54) is 11.1 Å². The fraction of sp³-hybridized carbons (Fsp3) is 0.176. The fourth-order valence-electron chi connectivity index (χ4n) is 2.93. The van der Waals surface area contributed by atoms with Gasteiger partial charge in [-0.15, -0.1) is 0 Å². The first kappa shape index (κ1) is 12.9. The first-order chi connectivity index (χ1) is 10.7. The Bertz CT molecular complexity index is 869. The van der Waals surface area contributed by atoms with Crippen LogP contribution in [0.2, 0.25) is 0 Å². The molecule has 0 radical (unpaired) electrons. The van der Waals surface area contributed by atoms with Gasteiger partial charge in [0.25, 0.3) is 5.91 Å². The third-order valence-electron chi connectivity index (χ3n) is 4.10. The van der Waals surface area contributed by atoms with Gasteiger partial charge in [-0.3, -0.25) is 4.79 Å². The van der Waals surface area contributed by atoms with E-state index in [0.29, 0.717) is 24.4 Å². The highest BCUT2D eigenvalue weighted by Crippen LogP contribution is 2.22. The Labute approximate surface area is 127 Å². The molecule has 5 heteroatoms. The smallest absolute Gasteiger partial charge is 0.274 e. The van der Waals surface area contributed by atoms with Gasteiger partial charge in [0.1, 0.15) is 5.69 Å². The molecule has 1 N–H and O–H groups in total. The minimum absolute atomic E-state index is 0.0746. The number of rotatable bonds is 1. The maximum absolute atomic E-state index is 12.7. The van der Waals surface area contributed by atoms with Crippen molar-refractivity contribution in [2.45, 2.75) is 13.0 Å². The van der Waals surface area contributed by atoms with Crippen molar-refractivity contribution in [3.05, 3.63) is 65.6 Å². The Balaban J connectivity index is 1.65. The van der Waals surface area contributed by atoms with E-state index in [9.17, 15) is 9.90 Å². The van der Waals surface area contributed by atoms with Crippen molar-refractivity contribution in [1.29, 1.82) is 0 Å². The SMILES string of the molecule is O=C(c1cn2cccc(O)c2n1)N1CCc2ccccc2C1. The number of hydrogen-bond acceptors (Lipinski definition) is 3. The van der Waals surface area contributed by atoms with Crippen LogP contribution < -0.4 is 0 Å². The van der Waals surface area contributed by atoms with Crippen LogP contribution in [0, 0.1) is 0 Å². The number of pyridine rings is 1. The average Bonchev–Trinajstić information content (AvgIpc) is 2.99. The number of carbonyl (C=O) groups is 1. The van der Waals surface area contributed by atoms with Crippen LogP contribution in [0.5, 0.6) is 5.75 Å². The summed E-state index contributed by atoms with van der Waals surface area (Å²) in [6.07, 6.45) is 4.29. The number of imidazole rings is 1. The van der Waals surface area contributed by atoms with Crippen molar-refractivity contribution < 1.29 is 9.90 Å². The van der Waals surface area contributed by atoms with Gasteiger partial charge in [-0.1, -0.05) is 24.3 Å². The molecule has 2 aromatic heterocycles. The maximum atomic E-state index is 12.7. The van der Waals surface area contributed by atoms with Gasteiger partial charge >= 0.3 is 0 Å². The van der Waals surface area contributed by atoms with E-state index in [0.717, 1.165) is 6.42 Å². The highest BCUT2D eigenvalue weighted by Gasteiger charge is 2.23. The molecule has 0 saturated heterocycles. The fourth-order valence-corrected chi connectivity index (χ4v) is 2.93. The van der Waals surface area contributed by atoms with Gasteiger partial charge in [0.05, 0.1) is 0 Å². The van der Waals surface area contributed by atoms with Crippen LogP contribution in [0.15, 0.2) is 48.8 Å². The van der Waals surface area contributed by atoms with Crippen molar-refractivity contribution in [3.8, 4) is 5.75 Å². The lowest BCUT2D eigenvalue weighted by atomic mass is 10.00. The van der Waals surface area contributed by atoms with Crippen LogP contribution in [0.1, 0.15) is 21.6 Å². The molecule has 110 valence electrons. The van der Waals surface area contributed by atoms with Gasteiger partial charge < -0.3 is 14.4 Å². The van der Waals surface area contributed by atoms with Crippen LogP contribution in [0.3, 0.4) is 0 Å². The molecule has 0 spiro atoms. The molecular weight excluding hydrogens is 278 g/mol. The molecule has 0 atom stereocenters. The van der Waals surface area contributed by atoms with Crippen LogP contribution >= 0.6 is 0 Å². The Hall–Kier alpha value is -2.82. The summed E-state index contributed by atoms with van der Waals surface area (Å²) < 4.78 is 1.67. The Morgan fingerprint density at radius 1 is 1.14 bits per heavy atom. The molecule has 3 heterocycles. The second-order valence-electron chi connectivity index (χ2n) is 5.50. The number of fused-ring (bicyclic) bond motifs is 2. The van der Waals surface area contributed by atoms with E-state index in [4.69, 9.17) is 0 Å². The molecule has 1 aromatic carbocycles. The number of aromatic nitrogens is 2. The third kappa shape index (κ3) is 2.02. The lowest BCUT2D eigenvalue weighted by Gasteiger charge is -2.28. The van der Waals surface area contributed by atoms with Crippen LogP contribution in [0.25, 0.3) is 5.65 Å². The first-order valence-corrected chi connectivity index (χ1v) is 7.25. The standard InChI is InChI=1S/C17H15N3O2/c21-15-6-3-8-19-11-14(18-16(15)19)17(22)20-9-7-12-4-1-2-5-13(12)10-20/h1-6,8,11,21H,7,9-10H2. The summed E-state index contributed by atoms with van der Waals surface area (Å²) in [6.45, 7) is 1.30. The molecule has 5 nitrogen and oxygen atoms in total. The van der Waals surface area contributed by atoms with Gasteiger partial charge in [-0.25, -0.2) is 4.98 Å². The number of benzene rings is 1. The first-order valence-electron chi connectivity index (χ1n) is 7.25. The number of aromatic hydroxyl groups is 1. The lowest BCUT2D eigenvalue weighted by molar-refractivity contribution is 0.0729. The number of amides is 1. The molecule has 0 aliphatic carbocycles. The monoisotopic (exact) mass is 293 g/mol. The maximum Gasteiger partial charge on any atom is 0.274 e. The number of carbonyl (C=O) groups excluding carboxylic acids is 1. The second kappa shape index (κ2) is 4.87. The van der Waals surface area contributed by atoms with Crippen molar-refractivity contribution in [2.75, 3.05) is 6.54 Å². The van der Waals surface area contributed by atoms with E-state index in [2.05, 4.69) is 17.1 Å². The zero-order valence-electron chi connectivity index (χ0n) is 11.9. The zero-order valence-corrected chi connectivity index (χ0v) is 11.9. The topological polar surface area (TPSA) is 57.8 Å². The largest absolute Gasteiger partial charge is 0.504 e. The Kier molecular flexibility index (Phi) is 2.85. The van der Waals surface area contributed by atoms with Crippen molar-refractivity contribution >= 4 is 11.6 Å². The average molecular weight is 293 g/mol. The second-order valence-corrected chi connectivity index (χ2v) is 5.50. The molecular formula is C17H15N3O2. The molecule has 0 fully saturated rings. The lowest BCUT2D eigenvalue weighted by Crippen LogP contribution is -2.36. The summed E-state index contributed by atoms with van der Waals surface area (Å²) in [5.41, 5.74) is 3.26. The summed E-state index contributed by atoms with van der Waals surface area (Å²) in [7, 11) is 0. The van der Waals surface area contributed by atoms with Crippen molar-refractivity contribution in [3.63, 3.8) is 0 Å². The Morgan fingerprint density at radius 2 is 1.95 bits per heavy atom. The molecule has 22 heavy (non-hydrogen) atoms. The van der Waals surface area contributed by atoms with E-state index in [1.807, 2.05) is 12.1 Å². The summed E-state index contributed by atoms with van der Waals surface area (Å²) in [6, 6.07) is 11.5. The predicted octanol–water partition coefficient (Wildman–Crippen LogP) is 2.24. The number of hydrogen-bond donors (Lipinski definition) is 1. The Morgan fingerprint density at radius 3 is 2.77 bits per heavy atom. The zero-order chi connectivity index (χ0) is 15.1. The predicted molar refractivity (Wildman–Crippen MR) is 81.7 cm³/mol. The molecule has 3 aromatic rings. The van der Waals surface area contributed by atoms with Crippen molar-refractivity contribution in [1.82, 2.24) is 14.3 Å². The normalized spacial score (nSPS) is 14.1. The summed E-state index contributed by atoms with van der Waals surface area (Å²) in [4.78, 5) is 18.7. The summed E-state index contributed by atoms with van der Waals surface area (Å²) in [5, 5.41) is 9.80. The summed E-state index contributed by atoms with van der Waals surface area (Å²) >= 11 is 0. The van der Waals surface area contributed by atoms with Crippen LogP contribution in [-0.4, -0.2) is 31.8 Å². The van der Waals surface area contributed by atoms with Gasteiger partial charge in [0, 0.05) is 25.5 Å². The van der Waals surface area contributed by atoms with E-state index in [1.54, 1.807) is 33.8 Å². The van der Waals surface area contributed by atoms with Crippen molar-refractivity contribution in [2.24, 2.45) is 0 Å². The molecule has 0 saturated carbocycles. The molecule has 4 rings (SSSR count). The third-order valence-corrected chi connectivity index (χ3v) is 4.10. The molecule has 0 unspecified atom stereocenters. The van der Waals surface area contributed by atoms with E-state index < -0.39 is 0 Å². The molecule has 1 aliphatic heterocycles. The molecule has 0 bridgehead atoms. The molecule has 1 amide bonds. The quantitative estimate of drug-likeness (QED) is 0.748. The minimum Gasteiger partial charge on any atom is -0.504 e. The van der Waals surface area contributed by atoms with Gasteiger partial charge in [-0.2, -0.15) is 0 Å². The molecule has 1 aliphatic rings.